The lowest BCUT2D eigenvalue weighted by atomic mass is 10.0. The maximum absolute atomic E-state index is 11.8. The van der Waals surface area contributed by atoms with E-state index in [2.05, 4.69) is 14.8 Å². The molecule has 0 aliphatic carbocycles. The van der Waals surface area contributed by atoms with Crippen molar-refractivity contribution in [3.63, 3.8) is 0 Å². The van der Waals surface area contributed by atoms with Gasteiger partial charge in [-0.15, -0.1) is 11.3 Å². The minimum atomic E-state index is -0.505. The Morgan fingerprint density at radius 3 is 2.74 bits per heavy atom. The second-order valence-electron chi connectivity index (χ2n) is 3.76. The van der Waals surface area contributed by atoms with Crippen LogP contribution in [0.2, 0.25) is 0 Å². The largest absolute Gasteiger partial charge is 0.369 e. The van der Waals surface area contributed by atoms with Gasteiger partial charge in [0.15, 0.2) is 0 Å². The van der Waals surface area contributed by atoms with Gasteiger partial charge in [0.1, 0.15) is 0 Å². The van der Waals surface area contributed by atoms with Gasteiger partial charge in [0, 0.05) is 34.0 Å². The summed E-state index contributed by atoms with van der Waals surface area (Å²) < 4.78 is 0. The smallest absolute Gasteiger partial charge is 0.293 e. The minimum absolute atomic E-state index is 0.484. The maximum atomic E-state index is 11.8. The summed E-state index contributed by atoms with van der Waals surface area (Å²) in [6.07, 6.45) is 3.41. The molecule has 0 aromatic carbocycles. The first-order valence-corrected chi connectivity index (χ1v) is 6.52. The van der Waals surface area contributed by atoms with Gasteiger partial charge in [-0.05, 0) is 24.4 Å². The van der Waals surface area contributed by atoms with E-state index in [0.717, 1.165) is 16.0 Å². The molecule has 0 amide bonds. The van der Waals surface area contributed by atoms with Gasteiger partial charge in [0.05, 0.1) is 7.11 Å². The molecule has 2 aromatic rings. The van der Waals surface area contributed by atoms with E-state index >= 15 is 0 Å². The first-order chi connectivity index (χ1) is 9.24. The molecular formula is C14H13NO3S. The highest BCUT2D eigenvalue weighted by Crippen LogP contribution is 2.30. The fourth-order valence-electron chi connectivity index (χ4n) is 1.72. The van der Waals surface area contributed by atoms with Crippen LogP contribution in [0.25, 0.3) is 5.57 Å². The number of thiophene rings is 1. The third-order valence-corrected chi connectivity index (χ3v) is 3.45. The molecule has 0 aliphatic heterocycles. The number of pyridine rings is 1. The molecule has 0 spiro atoms. The predicted octanol–water partition coefficient (Wildman–Crippen LogP) is 3.07. The molecule has 4 nitrogen and oxygen atoms in total. The van der Waals surface area contributed by atoms with Gasteiger partial charge in [-0.1, -0.05) is 12.1 Å². The number of carbonyl (C=O) groups is 1. The molecule has 0 N–H and O–H groups in total. The molecule has 0 aliphatic rings. The molecule has 0 fully saturated rings. The first-order valence-electron chi connectivity index (χ1n) is 5.64. The van der Waals surface area contributed by atoms with Crippen molar-refractivity contribution in [3.05, 3.63) is 58.1 Å². The second-order valence-corrected chi connectivity index (χ2v) is 4.70. The third-order valence-electron chi connectivity index (χ3n) is 2.56. The summed E-state index contributed by atoms with van der Waals surface area (Å²) in [6.45, 7) is 1.71. The van der Waals surface area contributed by atoms with E-state index < -0.39 is 5.97 Å². The van der Waals surface area contributed by atoms with Crippen LogP contribution in [-0.2, 0) is 14.6 Å². The molecule has 0 unspecified atom stereocenters. The highest BCUT2D eigenvalue weighted by atomic mass is 32.1. The van der Waals surface area contributed by atoms with Crippen molar-refractivity contribution in [3.8, 4) is 0 Å². The van der Waals surface area contributed by atoms with E-state index in [-0.39, 0.29) is 0 Å². The normalized spacial score (nSPS) is 11.9. The maximum Gasteiger partial charge on any atom is 0.369 e. The van der Waals surface area contributed by atoms with Crippen LogP contribution in [0.1, 0.15) is 17.4 Å². The van der Waals surface area contributed by atoms with Crippen molar-refractivity contribution in [2.45, 2.75) is 6.92 Å². The summed E-state index contributed by atoms with van der Waals surface area (Å²) in [6, 6.07) is 7.63. The highest BCUT2D eigenvalue weighted by molar-refractivity contribution is 7.11. The van der Waals surface area contributed by atoms with Crippen LogP contribution < -0.4 is 0 Å². The average molecular weight is 275 g/mol. The standard InChI is InChI=1S/C14H13NO3S/c1-10(14(16)18-17-2)13(12-6-4-8-19-12)11-5-3-7-15-9-11/h3-9H,1-2H3. The zero-order chi connectivity index (χ0) is 13.7. The van der Waals surface area contributed by atoms with E-state index in [1.165, 1.54) is 7.11 Å². The van der Waals surface area contributed by atoms with Crippen molar-refractivity contribution >= 4 is 22.9 Å². The van der Waals surface area contributed by atoms with Gasteiger partial charge in [0.2, 0.25) is 0 Å². The van der Waals surface area contributed by atoms with E-state index in [0.29, 0.717) is 5.57 Å². The van der Waals surface area contributed by atoms with Crippen molar-refractivity contribution in [2.75, 3.05) is 7.11 Å². The minimum Gasteiger partial charge on any atom is -0.293 e. The topological polar surface area (TPSA) is 48.4 Å². The number of aromatic nitrogens is 1. The monoisotopic (exact) mass is 275 g/mol. The fraction of sp³-hybridized carbons (Fsp3) is 0.143. The second kappa shape index (κ2) is 6.26. The number of hydrogen-bond donors (Lipinski definition) is 0. The molecule has 5 heteroatoms. The van der Waals surface area contributed by atoms with Crippen LogP contribution in [0.3, 0.4) is 0 Å². The molecule has 98 valence electrons. The van der Waals surface area contributed by atoms with E-state index in [1.54, 1.807) is 30.7 Å². The summed E-state index contributed by atoms with van der Waals surface area (Å²) in [5, 5.41) is 1.96. The Morgan fingerprint density at radius 2 is 2.16 bits per heavy atom. The molecule has 0 bridgehead atoms. The molecule has 0 atom stereocenters. The molecule has 0 radical (unpaired) electrons. The summed E-state index contributed by atoms with van der Waals surface area (Å²) >= 11 is 1.56. The SMILES string of the molecule is COOC(=O)C(C)=C(c1cccnc1)c1cccs1. The molecule has 2 aromatic heterocycles. The predicted molar refractivity (Wildman–Crippen MR) is 73.4 cm³/mol. The van der Waals surface area contributed by atoms with Crippen LogP contribution in [0.5, 0.6) is 0 Å². The first kappa shape index (κ1) is 13.5. The molecule has 19 heavy (non-hydrogen) atoms. The Labute approximate surface area is 115 Å². The van der Waals surface area contributed by atoms with Gasteiger partial charge >= 0.3 is 5.97 Å². The van der Waals surface area contributed by atoms with Crippen molar-refractivity contribution in [1.82, 2.24) is 4.98 Å². The number of nitrogens with zero attached hydrogens (tertiary/aromatic N) is 1. The van der Waals surface area contributed by atoms with E-state index in [1.807, 2.05) is 29.6 Å². The summed E-state index contributed by atoms with van der Waals surface area (Å²) in [4.78, 5) is 25.9. The number of rotatable bonds is 4. The number of hydrogen-bond acceptors (Lipinski definition) is 5. The van der Waals surface area contributed by atoms with Crippen molar-refractivity contribution in [1.29, 1.82) is 0 Å². The van der Waals surface area contributed by atoms with Gasteiger partial charge in [-0.25, -0.2) is 4.79 Å². The Kier molecular flexibility index (Phi) is 4.43. The van der Waals surface area contributed by atoms with Gasteiger partial charge in [-0.3, -0.25) is 9.87 Å². The Bertz CT molecular complexity index is 576. The van der Waals surface area contributed by atoms with Crippen LogP contribution in [0.4, 0.5) is 0 Å². The van der Waals surface area contributed by atoms with Crippen LogP contribution >= 0.6 is 11.3 Å². The summed E-state index contributed by atoms with van der Waals surface area (Å²) in [5.41, 5.74) is 2.16. The zero-order valence-corrected chi connectivity index (χ0v) is 11.4. The Hall–Kier alpha value is -1.98. The Morgan fingerprint density at radius 1 is 1.32 bits per heavy atom. The quantitative estimate of drug-likeness (QED) is 0.489. The highest BCUT2D eigenvalue weighted by Gasteiger charge is 2.17. The van der Waals surface area contributed by atoms with Crippen LogP contribution in [-0.4, -0.2) is 18.1 Å². The fourth-order valence-corrected chi connectivity index (χ4v) is 2.56. The number of carbonyl (C=O) groups excluding carboxylic acids is 1. The lowest BCUT2D eigenvalue weighted by Gasteiger charge is -2.09. The third kappa shape index (κ3) is 3.07. The van der Waals surface area contributed by atoms with E-state index in [4.69, 9.17) is 0 Å². The zero-order valence-electron chi connectivity index (χ0n) is 10.6. The summed E-state index contributed by atoms with van der Waals surface area (Å²) in [5.74, 6) is -0.505. The van der Waals surface area contributed by atoms with Gasteiger partial charge < -0.3 is 0 Å². The Balaban J connectivity index is 2.52. The van der Waals surface area contributed by atoms with Gasteiger partial charge in [-0.2, -0.15) is 4.89 Å². The van der Waals surface area contributed by atoms with Gasteiger partial charge in [0.25, 0.3) is 0 Å². The lowest BCUT2D eigenvalue weighted by Crippen LogP contribution is -2.07. The molecule has 0 saturated heterocycles. The summed E-state index contributed by atoms with van der Waals surface area (Å²) in [7, 11) is 1.31. The van der Waals surface area contributed by atoms with Crippen molar-refractivity contribution in [2.24, 2.45) is 0 Å². The lowest BCUT2D eigenvalue weighted by molar-refractivity contribution is -0.250. The average Bonchev–Trinajstić information content (AvgIpc) is 2.94. The van der Waals surface area contributed by atoms with Crippen LogP contribution in [0.15, 0.2) is 47.6 Å². The van der Waals surface area contributed by atoms with E-state index in [9.17, 15) is 4.79 Å². The van der Waals surface area contributed by atoms with Crippen LogP contribution in [0, 0.1) is 0 Å². The molecular weight excluding hydrogens is 262 g/mol. The molecule has 2 heterocycles. The molecule has 0 saturated carbocycles. The molecule has 2 rings (SSSR count). The van der Waals surface area contributed by atoms with Crippen molar-refractivity contribution < 1.29 is 14.6 Å².